The number of hydrogen-bond donors (Lipinski definition) is 3. The van der Waals surface area contributed by atoms with Crippen LogP contribution in [0.4, 0.5) is 0 Å². The average molecular weight is 192 g/mol. The predicted octanol–water partition coefficient (Wildman–Crippen LogP) is 0.806. The summed E-state index contributed by atoms with van der Waals surface area (Å²) in [6.45, 7) is 1.81. The Morgan fingerprint density at radius 3 is 2.93 bits per heavy atom. The van der Waals surface area contributed by atoms with E-state index in [2.05, 4.69) is 20.2 Å². The van der Waals surface area contributed by atoms with Crippen molar-refractivity contribution >= 4 is 5.97 Å². The zero-order valence-electron chi connectivity index (χ0n) is 7.40. The number of aromatic amines is 2. The number of rotatable bonds is 2. The first kappa shape index (κ1) is 8.49. The molecular formula is C8H8N4O2. The van der Waals surface area contributed by atoms with Crippen molar-refractivity contribution in [2.75, 3.05) is 0 Å². The van der Waals surface area contributed by atoms with Gasteiger partial charge in [-0.2, -0.15) is 5.10 Å². The number of imidazole rings is 1. The zero-order chi connectivity index (χ0) is 10.1. The number of nitrogens with one attached hydrogen (secondary N) is 2. The molecule has 0 radical (unpaired) electrons. The molecule has 0 saturated heterocycles. The highest BCUT2D eigenvalue weighted by atomic mass is 16.4. The van der Waals surface area contributed by atoms with Crippen LogP contribution in [-0.4, -0.2) is 31.2 Å². The molecule has 0 amide bonds. The van der Waals surface area contributed by atoms with Gasteiger partial charge in [0.25, 0.3) is 0 Å². The fourth-order valence-electron chi connectivity index (χ4n) is 1.25. The minimum Gasteiger partial charge on any atom is -0.477 e. The van der Waals surface area contributed by atoms with E-state index in [0.29, 0.717) is 11.3 Å². The van der Waals surface area contributed by atoms with Gasteiger partial charge >= 0.3 is 5.97 Å². The molecule has 3 N–H and O–H groups in total. The van der Waals surface area contributed by atoms with Crippen molar-refractivity contribution in [1.29, 1.82) is 0 Å². The largest absolute Gasteiger partial charge is 0.477 e. The first-order chi connectivity index (χ1) is 6.70. The smallest absolute Gasteiger partial charge is 0.354 e. The molecule has 0 bridgehead atoms. The highest BCUT2D eigenvalue weighted by Gasteiger charge is 2.16. The van der Waals surface area contributed by atoms with Crippen LogP contribution in [0.1, 0.15) is 16.2 Å². The van der Waals surface area contributed by atoms with Gasteiger partial charge in [-0.25, -0.2) is 9.78 Å². The number of aromatic nitrogens is 4. The molecule has 2 aromatic heterocycles. The lowest BCUT2D eigenvalue weighted by molar-refractivity contribution is 0.0692. The Hall–Kier alpha value is -2.11. The van der Waals surface area contributed by atoms with Crippen molar-refractivity contribution in [3.8, 4) is 11.3 Å². The summed E-state index contributed by atoms with van der Waals surface area (Å²) in [6.07, 6.45) is 2.91. The van der Waals surface area contributed by atoms with Gasteiger partial charge in [-0.15, -0.1) is 0 Å². The maximum atomic E-state index is 10.8. The molecule has 0 saturated carbocycles. The van der Waals surface area contributed by atoms with Crippen LogP contribution in [0.2, 0.25) is 0 Å². The lowest BCUT2D eigenvalue weighted by Gasteiger charge is -1.95. The predicted molar refractivity (Wildman–Crippen MR) is 47.9 cm³/mol. The van der Waals surface area contributed by atoms with E-state index >= 15 is 0 Å². The topological polar surface area (TPSA) is 94.7 Å². The third kappa shape index (κ3) is 1.17. The van der Waals surface area contributed by atoms with E-state index in [9.17, 15) is 4.79 Å². The average Bonchev–Trinajstić information content (AvgIpc) is 2.70. The number of carboxylic acids is 1. The second-order valence-electron chi connectivity index (χ2n) is 2.84. The molecule has 6 heteroatoms. The van der Waals surface area contributed by atoms with E-state index in [0.717, 1.165) is 5.69 Å². The summed E-state index contributed by atoms with van der Waals surface area (Å²) in [5, 5.41) is 15.4. The first-order valence-electron chi connectivity index (χ1n) is 3.97. The number of carbonyl (C=O) groups is 1. The summed E-state index contributed by atoms with van der Waals surface area (Å²) in [5.41, 5.74) is 1.97. The van der Waals surface area contributed by atoms with Gasteiger partial charge in [-0.05, 0) is 6.92 Å². The van der Waals surface area contributed by atoms with Crippen LogP contribution in [0, 0.1) is 6.92 Å². The lowest BCUT2D eigenvalue weighted by Crippen LogP contribution is -1.99. The fraction of sp³-hybridized carbons (Fsp3) is 0.125. The van der Waals surface area contributed by atoms with Crippen molar-refractivity contribution in [3.63, 3.8) is 0 Å². The minimum atomic E-state index is -1.03. The van der Waals surface area contributed by atoms with Gasteiger partial charge in [0.1, 0.15) is 5.69 Å². The van der Waals surface area contributed by atoms with Gasteiger partial charge in [0.2, 0.25) is 0 Å². The second kappa shape index (κ2) is 2.99. The second-order valence-corrected chi connectivity index (χ2v) is 2.84. The van der Waals surface area contributed by atoms with Crippen LogP contribution >= 0.6 is 0 Å². The quantitative estimate of drug-likeness (QED) is 0.656. The van der Waals surface area contributed by atoms with Crippen LogP contribution in [-0.2, 0) is 0 Å². The maximum Gasteiger partial charge on any atom is 0.354 e. The SMILES string of the molecule is Cc1[nH]ncc1-c1nc[nH]c1C(=O)O. The molecule has 0 aliphatic rings. The Morgan fingerprint density at radius 2 is 2.36 bits per heavy atom. The van der Waals surface area contributed by atoms with Crippen molar-refractivity contribution < 1.29 is 9.90 Å². The molecule has 2 aromatic rings. The van der Waals surface area contributed by atoms with Gasteiger partial charge in [0.05, 0.1) is 12.5 Å². The highest BCUT2D eigenvalue weighted by molar-refractivity contribution is 5.92. The standard InChI is InChI=1S/C8H8N4O2/c1-4-5(2-11-12-4)6-7(8(13)14)10-3-9-6/h2-3H,1H3,(H,9,10)(H,11,12)(H,13,14). The third-order valence-electron chi connectivity index (χ3n) is 1.94. The van der Waals surface area contributed by atoms with Gasteiger partial charge in [0, 0.05) is 11.3 Å². The highest BCUT2D eigenvalue weighted by Crippen LogP contribution is 2.21. The lowest BCUT2D eigenvalue weighted by atomic mass is 10.1. The van der Waals surface area contributed by atoms with Gasteiger partial charge < -0.3 is 10.1 Å². The van der Waals surface area contributed by atoms with Gasteiger partial charge in [-0.3, -0.25) is 5.10 Å². The maximum absolute atomic E-state index is 10.8. The normalized spacial score (nSPS) is 10.4. The van der Waals surface area contributed by atoms with Crippen molar-refractivity contribution in [1.82, 2.24) is 20.2 Å². The van der Waals surface area contributed by atoms with E-state index in [1.165, 1.54) is 6.33 Å². The van der Waals surface area contributed by atoms with Crippen LogP contribution in [0.3, 0.4) is 0 Å². The van der Waals surface area contributed by atoms with Crippen LogP contribution < -0.4 is 0 Å². The number of hydrogen-bond acceptors (Lipinski definition) is 3. The summed E-state index contributed by atoms with van der Waals surface area (Å²) in [5.74, 6) is -1.03. The fourth-order valence-corrected chi connectivity index (χ4v) is 1.25. The molecule has 14 heavy (non-hydrogen) atoms. The van der Waals surface area contributed by atoms with Crippen LogP contribution in [0.25, 0.3) is 11.3 Å². The number of nitrogens with zero attached hydrogens (tertiary/aromatic N) is 2. The molecule has 0 aromatic carbocycles. The molecule has 0 spiro atoms. The summed E-state index contributed by atoms with van der Waals surface area (Å²) in [7, 11) is 0. The molecule has 72 valence electrons. The first-order valence-corrected chi connectivity index (χ1v) is 3.97. The van der Waals surface area contributed by atoms with Crippen molar-refractivity contribution in [2.24, 2.45) is 0 Å². The molecule has 0 unspecified atom stereocenters. The monoisotopic (exact) mass is 192 g/mol. The zero-order valence-corrected chi connectivity index (χ0v) is 7.40. The number of carboxylic acid groups (broad SMARTS) is 1. The molecule has 2 rings (SSSR count). The third-order valence-corrected chi connectivity index (χ3v) is 1.94. The molecule has 0 atom stereocenters. The van der Waals surface area contributed by atoms with Crippen molar-refractivity contribution in [3.05, 3.63) is 23.9 Å². The van der Waals surface area contributed by atoms with E-state index in [1.54, 1.807) is 6.20 Å². The summed E-state index contributed by atoms with van der Waals surface area (Å²) in [6, 6.07) is 0. The molecule has 0 fully saturated rings. The summed E-state index contributed by atoms with van der Waals surface area (Å²) < 4.78 is 0. The van der Waals surface area contributed by atoms with Crippen LogP contribution in [0.15, 0.2) is 12.5 Å². The van der Waals surface area contributed by atoms with E-state index in [4.69, 9.17) is 5.11 Å². The van der Waals surface area contributed by atoms with E-state index < -0.39 is 5.97 Å². The Morgan fingerprint density at radius 1 is 1.57 bits per heavy atom. The molecule has 0 aliphatic heterocycles. The Balaban J connectivity index is 2.57. The van der Waals surface area contributed by atoms with Crippen LogP contribution in [0.5, 0.6) is 0 Å². The van der Waals surface area contributed by atoms with Gasteiger partial charge in [-0.1, -0.05) is 0 Å². The summed E-state index contributed by atoms with van der Waals surface area (Å²) in [4.78, 5) is 17.3. The molecule has 0 aliphatic carbocycles. The Bertz CT molecular complexity index is 471. The number of aromatic carboxylic acids is 1. The number of aryl methyl sites for hydroxylation is 1. The minimum absolute atomic E-state index is 0.0782. The van der Waals surface area contributed by atoms with Gasteiger partial charge in [0.15, 0.2) is 5.69 Å². The Kier molecular flexibility index (Phi) is 1.81. The molecule has 6 nitrogen and oxygen atoms in total. The van der Waals surface area contributed by atoms with E-state index in [1.807, 2.05) is 6.92 Å². The van der Waals surface area contributed by atoms with Crippen molar-refractivity contribution in [2.45, 2.75) is 6.92 Å². The summed E-state index contributed by atoms with van der Waals surface area (Å²) >= 11 is 0. The van der Waals surface area contributed by atoms with E-state index in [-0.39, 0.29) is 5.69 Å². The number of H-pyrrole nitrogens is 2. The molecular weight excluding hydrogens is 184 g/mol. The molecule has 2 heterocycles. The Labute approximate surface area is 79.0 Å².